The van der Waals surface area contributed by atoms with Crippen LogP contribution in [0.5, 0.6) is 0 Å². The van der Waals surface area contributed by atoms with Crippen LogP contribution in [-0.4, -0.2) is 36.1 Å². The van der Waals surface area contributed by atoms with Crippen molar-refractivity contribution in [2.75, 3.05) is 19.6 Å². The largest absolute Gasteiger partial charge is 0.311 e. The molecule has 20 heavy (non-hydrogen) atoms. The Hall–Kier alpha value is -0.0800. The van der Waals surface area contributed by atoms with Crippen LogP contribution in [0.1, 0.15) is 72.6 Å². The fraction of sp³-hybridized carbons (Fsp3) is 1.00. The van der Waals surface area contributed by atoms with Crippen LogP contribution in [0, 0.1) is 11.8 Å². The smallest absolute Gasteiger partial charge is 0.0334 e. The fourth-order valence-electron chi connectivity index (χ4n) is 4.20. The maximum atomic E-state index is 3.88. The quantitative estimate of drug-likeness (QED) is 0.817. The predicted molar refractivity (Wildman–Crippen MR) is 88.1 cm³/mol. The molecule has 1 saturated carbocycles. The van der Waals surface area contributed by atoms with Gasteiger partial charge in [0.15, 0.2) is 0 Å². The third kappa shape index (κ3) is 3.57. The Labute approximate surface area is 126 Å². The number of nitrogens with one attached hydrogen (secondary N) is 1. The summed E-state index contributed by atoms with van der Waals surface area (Å²) in [5, 5.41) is 3.88. The molecule has 0 aromatic rings. The van der Waals surface area contributed by atoms with E-state index in [1.54, 1.807) is 0 Å². The van der Waals surface area contributed by atoms with Gasteiger partial charge in [-0.1, -0.05) is 59.8 Å². The number of rotatable bonds is 5. The zero-order valence-corrected chi connectivity index (χ0v) is 14.3. The van der Waals surface area contributed by atoms with E-state index < -0.39 is 0 Å². The highest BCUT2D eigenvalue weighted by molar-refractivity contribution is 5.01. The zero-order chi connectivity index (χ0) is 14.6. The van der Waals surface area contributed by atoms with Crippen molar-refractivity contribution in [3.05, 3.63) is 0 Å². The van der Waals surface area contributed by atoms with Gasteiger partial charge in [-0.2, -0.15) is 0 Å². The first-order valence-electron chi connectivity index (χ1n) is 9.09. The summed E-state index contributed by atoms with van der Waals surface area (Å²) in [6, 6.07) is 0.692. The van der Waals surface area contributed by atoms with Gasteiger partial charge in [-0.25, -0.2) is 0 Å². The van der Waals surface area contributed by atoms with Crippen LogP contribution in [0.25, 0.3) is 0 Å². The summed E-state index contributed by atoms with van der Waals surface area (Å²) in [6.07, 6.45) is 9.84. The molecule has 1 spiro atoms. The van der Waals surface area contributed by atoms with E-state index in [4.69, 9.17) is 0 Å². The fourth-order valence-corrected chi connectivity index (χ4v) is 4.20. The minimum Gasteiger partial charge on any atom is -0.311 e. The summed E-state index contributed by atoms with van der Waals surface area (Å²) < 4.78 is 0. The van der Waals surface area contributed by atoms with Crippen LogP contribution in [0.4, 0.5) is 0 Å². The van der Waals surface area contributed by atoms with Gasteiger partial charge in [-0.05, 0) is 24.7 Å². The monoisotopic (exact) mass is 280 g/mol. The van der Waals surface area contributed by atoms with Crippen LogP contribution in [0.2, 0.25) is 0 Å². The highest BCUT2D eigenvalue weighted by Gasteiger charge is 2.42. The van der Waals surface area contributed by atoms with Crippen LogP contribution >= 0.6 is 0 Å². The molecule has 0 aromatic carbocycles. The predicted octanol–water partition coefficient (Wildman–Crippen LogP) is 4.06. The van der Waals surface area contributed by atoms with E-state index >= 15 is 0 Å². The molecule has 1 unspecified atom stereocenters. The molecule has 1 aliphatic heterocycles. The van der Waals surface area contributed by atoms with Gasteiger partial charge < -0.3 is 5.32 Å². The molecular formula is C18H36N2. The number of nitrogens with zero attached hydrogens (tertiary/aromatic N) is 1. The number of hydrogen-bond acceptors (Lipinski definition) is 2. The normalized spacial score (nSPS) is 27.6. The Kier molecular flexibility index (Phi) is 5.92. The molecule has 2 rings (SSSR count). The first kappa shape index (κ1) is 16.3. The third-order valence-electron chi connectivity index (χ3n) is 6.00. The van der Waals surface area contributed by atoms with E-state index in [0.717, 1.165) is 11.8 Å². The van der Waals surface area contributed by atoms with Crippen LogP contribution in [0.3, 0.4) is 0 Å². The molecule has 1 heterocycles. The molecule has 0 bridgehead atoms. The Morgan fingerprint density at radius 3 is 2.30 bits per heavy atom. The molecule has 2 fully saturated rings. The van der Waals surface area contributed by atoms with Crippen molar-refractivity contribution in [3.63, 3.8) is 0 Å². The average Bonchev–Trinajstić information content (AvgIpc) is 2.47. The van der Waals surface area contributed by atoms with Gasteiger partial charge in [0.2, 0.25) is 0 Å². The lowest BCUT2D eigenvalue weighted by Crippen LogP contribution is -2.66. The second kappa shape index (κ2) is 7.26. The first-order chi connectivity index (χ1) is 9.61. The van der Waals surface area contributed by atoms with E-state index in [1.165, 1.54) is 64.6 Å². The van der Waals surface area contributed by atoms with Gasteiger partial charge in [0.1, 0.15) is 0 Å². The van der Waals surface area contributed by atoms with Crippen molar-refractivity contribution < 1.29 is 0 Å². The summed E-state index contributed by atoms with van der Waals surface area (Å²) in [4.78, 5) is 2.91. The maximum absolute atomic E-state index is 3.88. The lowest BCUT2D eigenvalue weighted by molar-refractivity contribution is -0.00918. The Morgan fingerprint density at radius 2 is 1.75 bits per heavy atom. The molecule has 1 aliphatic carbocycles. The van der Waals surface area contributed by atoms with E-state index in [9.17, 15) is 0 Å². The highest BCUT2D eigenvalue weighted by atomic mass is 15.3. The van der Waals surface area contributed by atoms with Crippen molar-refractivity contribution in [2.24, 2.45) is 11.8 Å². The summed E-state index contributed by atoms with van der Waals surface area (Å²) in [5.74, 6) is 1.64. The van der Waals surface area contributed by atoms with Crippen molar-refractivity contribution >= 4 is 0 Å². The van der Waals surface area contributed by atoms with Crippen LogP contribution in [-0.2, 0) is 0 Å². The number of hydrogen-bond donors (Lipinski definition) is 1. The molecule has 118 valence electrons. The lowest BCUT2D eigenvalue weighted by atomic mass is 9.77. The molecule has 1 atom stereocenters. The average molecular weight is 281 g/mol. The topological polar surface area (TPSA) is 15.3 Å². The summed E-state index contributed by atoms with van der Waals surface area (Å²) in [6.45, 7) is 13.3. The Morgan fingerprint density at radius 1 is 1.10 bits per heavy atom. The second-order valence-corrected chi connectivity index (χ2v) is 7.60. The third-order valence-corrected chi connectivity index (χ3v) is 6.00. The SMILES string of the molecule is CCC(CC)CN1CC(C(C)C)NCC12CCCCC2. The highest BCUT2D eigenvalue weighted by Crippen LogP contribution is 2.37. The van der Waals surface area contributed by atoms with E-state index in [0.29, 0.717) is 11.6 Å². The summed E-state index contributed by atoms with van der Waals surface area (Å²) in [7, 11) is 0. The van der Waals surface area contributed by atoms with Crippen molar-refractivity contribution in [1.29, 1.82) is 0 Å². The van der Waals surface area contributed by atoms with Gasteiger partial charge in [-0.15, -0.1) is 0 Å². The zero-order valence-electron chi connectivity index (χ0n) is 14.3. The summed E-state index contributed by atoms with van der Waals surface area (Å²) in [5.41, 5.74) is 0.492. The van der Waals surface area contributed by atoms with E-state index in [2.05, 4.69) is 37.9 Å². The minimum atomic E-state index is 0.492. The molecule has 0 radical (unpaired) electrons. The Balaban J connectivity index is 2.09. The Bertz CT molecular complexity index is 275. The van der Waals surface area contributed by atoms with Gasteiger partial charge >= 0.3 is 0 Å². The second-order valence-electron chi connectivity index (χ2n) is 7.60. The maximum Gasteiger partial charge on any atom is 0.0334 e. The van der Waals surface area contributed by atoms with Crippen molar-refractivity contribution in [1.82, 2.24) is 10.2 Å². The molecule has 0 amide bonds. The first-order valence-corrected chi connectivity index (χ1v) is 9.09. The van der Waals surface area contributed by atoms with Crippen LogP contribution < -0.4 is 5.32 Å². The van der Waals surface area contributed by atoms with Gasteiger partial charge in [0.25, 0.3) is 0 Å². The lowest BCUT2D eigenvalue weighted by Gasteiger charge is -2.53. The summed E-state index contributed by atoms with van der Waals surface area (Å²) >= 11 is 0. The van der Waals surface area contributed by atoms with Crippen LogP contribution in [0.15, 0.2) is 0 Å². The molecule has 2 nitrogen and oxygen atoms in total. The molecule has 1 saturated heterocycles. The molecule has 2 aliphatic rings. The van der Waals surface area contributed by atoms with E-state index in [-0.39, 0.29) is 0 Å². The van der Waals surface area contributed by atoms with Crippen molar-refractivity contribution in [2.45, 2.75) is 84.2 Å². The number of piperazine rings is 1. The molecule has 2 heteroatoms. The van der Waals surface area contributed by atoms with Gasteiger partial charge in [-0.3, -0.25) is 4.90 Å². The van der Waals surface area contributed by atoms with Crippen molar-refractivity contribution in [3.8, 4) is 0 Å². The van der Waals surface area contributed by atoms with Gasteiger partial charge in [0, 0.05) is 31.2 Å². The molecule has 0 aromatic heterocycles. The molecular weight excluding hydrogens is 244 g/mol. The minimum absolute atomic E-state index is 0.492. The molecule has 1 N–H and O–H groups in total. The van der Waals surface area contributed by atoms with Gasteiger partial charge in [0.05, 0.1) is 0 Å². The van der Waals surface area contributed by atoms with E-state index in [1.807, 2.05) is 0 Å². The standard InChI is InChI=1S/C18H36N2/c1-5-16(6-2)12-20-13-17(15(3)4)19-14-18(20)10-8-7-9-11-18/h15-17,19H,5-14H2,1-4H3.